The summed E-state index contributed by atoms with van der Waals surface area (Å²) in [6.07, 6.45) is 12.3. The van der Waals surface area contributed by atoms with Crippen LogP contribution in [0.5, 0.6) is 0 Å². The molecule has 0 radical (unpaired) electrons. The van der Waals surface area contributed by atoms with Gasteiger partial charge in [-0.05, 0) is 44.6 Å². The fourth-order valence-electron chi connectivity index (χ4n) is 2.91. The fourth-order valence-corrected chi connectivity index (χ4v) is 2.91. The van der Waals surface area contributed by atoms with Crippen molar-refractivity contribution in [2.24, 2.45) is 5.92 Å². The summed E-state index contributed by atoms with van der Waals surface area (Å²) in [5.74, 6) is 0.843. The van der Waals surface area contributed by atoms with Crippen LogP contribution in [-0.2, 0) is 4.74 Å². The lowest BCUT2D eigenvalue weighted by Gasteiger charge is -2.23. The van der Waals surface area contributed by atoms with Crippen molar-refractivity contribution >= 4 is 0 Å². The summed E-state index contributed by atoms with van der Waals surface area (Å²) in [4.78, 5) is 0. The lowest BCUT2D eigenvalue weighted by atomic mass is 9.97. The van der Waals surface area contributed by atoms with Crippen molar-refractivity contribution in [3.05, 3.63) is 0 Å². The molecule has 0 aromatic rings. The Morgan fingerprint density at radius 3 is 2.47 bits per heavy atom. The predicted octanol–water partition coefficient (Wildman–Crippen LogP) is 4.53. The fraction of sp³-hybridized carbons (Fsp3) is 1.00. The second-order valence-electron chi connectivity index (χ2n) is 6.29. The van der Waals surface area contributed by atoms with Gasteiger partial charge < -0.3 is 10.1 Å². The van der Waals surface area contributed by atoms with Crippen LogP contribution in [-0.4, -0.2) is 25.3 Å². The molecule has 19 heavy (non-hydrogen) atoms. The summed E-state index contributed by atoms with van der Waals surface area (Å²) in [7, 11) is 0. The van der Waals surface area contributed by atoms with Crippen LogP contribution in [0.3, 0.4) is 0 Å². The predicted molar refractivity (Wildman–Crippen MR) is 83.6 cm³/mol. The second kappa shape index (κ2) is 10.7. The van der Waals surface area contributed by atoms with E-state index in [9.17, 15) is 0 Å². The first-order valence-corrected chi connectivity index (χ1v) is 8.61. The topological polar surface area (TPSA) is 21.3 Å². The van der Waals surface area contributed by atoms with E-state index in [0.717, 1.165) is 25.5 Å². The van der Waals surface area contributed by atoms with Crippen LogP contribution in [0.15, 0.2) is 0 Å². The number of hydrogen-bond donors (Lipinski definition) is 1. The molecule has 2 atom stereocenters. The number of hydrogen-bond acceptors (Lipinski definition) is 2. The van der Waals surface area contributed by atoms with Gasteiger partial charge in [-0.1, -0.05) is 46.5 Å². The third kappa shape index (κ3) is 7.94. The van der Waals surface area contributed by atoms with E-state index in [0.29, 0.717) is 12.1 Å². The highest BCUT2D eigenvalue weighted by Gasteiger charge is 2.13. The maximum absolute atomic E-state index is 5.96. The van der Waals surface area contributed by atoms with E-state index in [2.05, 4.69) is 26.1 Å². The van der Waals surface area contributed by atoms with Crippen molar-refractivity contribution in [3.63, 3.8) is 0 Å². The second-order valence-corrected chi connectivity index (χ2v) is 6.29. The lowest BCUT2D eigenvalue weighted by Crippen LogP contribution is -2.31. The Labute approximate surface area is 120 Å². The van der Waals surface area contributed by atoms with E-state index in [4.69, 9.17) is 4.74 Å². The average molecular weight is 269 g/mol. The van der Waals surface area contributed by atoms with Gasteiger partial charge in [0, 0.05) is 12.6 Å². The molecule has 2 nitrogen and oxygen atoms in total. The first-order chi connectivity index (χ1) is 9.26. The molecule has 0 spiro atoms. The molecule has 1 aliphatic carbocycles. The molecule has 0 aliphatic heterocycles. The van der Waals surface area contributed by atoms with E-state index in [1.54, 1.807) is 0 Å². The molecule has 0 heterocycles. The van der Waals surface area contributed by atoms with Gasteiger partial charge in [-0.3, -0.25) is 0 Å². The van der Waals surface area contributed by atoms with Gasteiger partial charge in [-0.2, -0.15) is 0 Å². The van der Waals surface area contributed by atoms with Crippen LogP contribution in [0.25, 0.3) is 0 Å². The highest BCUT2D eigenvalue weighted by molar-refractivity contribution is 4.68. The third-order valence-electron chi connectivity index (χ3n) is 4.54. The van der Waals surface area contributed by atoms with E-state index < -0.39 is 0 Å². The molecular formula is C17H35NO. The first kappa shape index (κ1) is 17.0. The zero-order chi connectivity index (χ0) is 13.9. The lowest BCUT2D eigenvalue weighted by molar-refractivity contribution is 0.0270. The van der Waals surface area contributed by atoms with Gasteiger partial charge >= 0.3 is 0 Å². The Bertz CT molecular complexity index is 201. The Morgan fingerprint density at radius 1 is 1.11 bits per heavy atom. The molecule has 0 saturated heterocycles. The van der Waals surface area contributed by atoms with Gasteiger partial charge in [-0.25, -0.2) is 0 Å². The van der Waals surface area contributed by atoms with Gasteiger partial charge in [0.1, 0.15) is 0 Å². The van der Waals surface area contributed by atoms with Crippen LogP contribution in [0.4, 0.5) is 0 Å². The molecule has 114 valence electrons. The number of rotatable bonds is 10. The van der Waals surface area contributed by atoms with Crippen LogP contribution < -0.4 is 5.32 Å². The van der Waals surface area contributed by atoms with E-state index in [1.165, 1.54) is 51.4 Å². The van der Waals surface area contributed by atoms with Gasteiger partial charge in [0.25, 0.3) is 0 Å². The minimum Gasteiger partial charge on any atom is -0.378 e. The molecule has 0 aromatic carbocycles. The van der Waals surface area contributed by atoms with Crippen LogP contribution in [0, 0.1) is 5.92 Å². The molecule has 1 fully saturated rings. The highest BCUT2D eigenvalue weighted by atomic mass is 16.5. The minimum absolute atomic E-state index is 0.566. The Balaban J connectivity index is 1.98. The summed E-state index contributed by atoms with van der Waals surface area (Å²) in [6.45, 7) is 8.99. The molecule has 0 aromatic heterocycles. The minimum atomic E-state index is 0.566. The van der Waals surface area contributed by atoms with Crippen molar-refractivity contribution in [2.45, 2.75) is 90.7 Å². The molecule has 0 amide bonds. The zero-order valence-corrected chi connectivity index (χ0v) is 13.4. The molecule has 2 heteroatoms. The quantitative estimate of drug-likeness (QED) is 0.588. The molecule has 0 bridgehead atoms. The average Bonchev–Trinajstić information content (AvgIpc) is 2.46. The van der Waals surface area contributed by atoms with Crippen LogP contribution >= 0.6 is 0 Å². The molecule has 1 saturated carbocycles. The van der Waals surface area contributed by atoms with E-state index >= 15 is 0 Å². The normalized spacial score (nSPS) is 20.4. The Kier molecular flexibility index (Phi) is 9.54. The molecule has 1 rings (SSSR count). The Morgan fingerprint density at radius 2 is 1.84 bits per heavy atom. The zero-order valence-electron chi connectivity index (χ0n) is 13.4. The van der Waals surface area contributed by atoms with Crippen LogP contribution in [0.1, 0.15) is 78.6 Å². The van der Waals surface area contributed by atoms with Crippen molar-refractivity contribution in [2.75, 3.05) is 13.2 Å². The van der Waals surface area contributed by atoms with E-state index in [-0.39, 0.29) is 0 Å². The Hall–Kier alpha value is -0.0800. The summed E-state index contributed by atoms with van der Waals surface area (Å²) >= 11 is 0. The van der Waals surface area contributed by atoms with Crippen LogP contribution in [0.2, 0.25) is 0 Å². The number of nitrogens with one attached hydrogen (secondary N) is 1. The van der Waals surface area contributed by atoms with Gasteiger partial charge in [0.15, 0.2) is 0 Å². The summed E-state index contributed by atoms with van der Waals surface area (Å²) in [5.41, 5.74) is 0. The summed E-state index contributed by atoms with van der Waals surface area (Å²) in [5, 5.41) is 3.69. The van der Waals surface area contributed by atoms with Crippen molar-refractivity contribution in [1.29, 1.82) is 0 Å². The molecular weight excluding hydrogens is 234 g/mol. The monoisotopic (exact) mass is 269 g/mol. The van der Waals surface area contributed by atoms with E-state index in [1.807, 2.05) is 0 Å². The van der Waals surface area contributed by atoms with Gasteiger partial charge in [0.05, 0.1) is 6.10 Å². The maximum atomic E-state index is 5.96. The molecule has 2 unspecified atom stereocenters. The van der Waals surface area contributed by atoms with Gasteiger partial charge in [0.2, 0.25) is 0 Å². The third-order valence-corrected chi connectivity index (χ3v) is 4.54. The van der Waals surface area contributed by atoms with Crippen molar-refractivity contribution in [3.8, 4) is 0 Å². The molecule has 1 N–H and O–H groups in total. The van der Waals surface area contributed by atoms with Gasteiger partial charge in [-0.15, -0.1) is 0 Å². The maximum Gasteiger partial charge on any atom is 0.0575 e. The highest BCUT2D eigenvalue weighted by Crippen LogP contribution is 2.20. The molecule has 1 aliphatic rings. The summed E-state index contributed by atoms with van der Waals surface area (Å²) < 4.78 is 5.96. The van der Waals surface area contributed by atoms with Crippen molar-refractivity contribution < 1.29 is 4.74 Å². The largest absolute Gasteiger partial charge is 0.378 e. The standard InChI is InChI=1S/C17H35NO/c1-4-15(3)14-16(5-2)18-12-9-13-19-17-10-7-6-8-11-17/h15-18H,4-14H2,1-3H3. The smallest absolute Gasteiger partial charge is 0.0575 e. The van der Waals surface area contributed by atoms with Crippen molar-refractivity contribution in [1.82, 2.24) is 5.32 Å². The summed E-state index contributed by atoms with van der Waals surface area (Å²) in [6, 6.07) is 0.699. The number of ether oxygens (including phenoxy) is 1. The SMILES string of the molecule is CCC(C)CC(CC)NCCCOC1CCCCC1. The first-order valence-electron chi connectivity index (χ1n) is 8.61.